The third-order valence-electron chi connectivity index (χ3n) is 4.93. The van der Waals surface area contributed by atoms with Crippen LogP contribution < -0.4 is 0 Å². The predicted octanol–water partition coefficient (Wildman–Crippen LogP) is 7.39. The van der Waals surface area contributed by atoms with Crippen LogP contribution in [0.15, 0.2) is 22.3 Å². The van der Waals surface area contributed by atoms with Gasteiger partial charge in [-0.25, -0.2) is 0 Å². The first-order valence-corrected chi connectivity index (χ1v) is 14.4. The molecule has 0 atom stereocenters. The number of hydrogen-bond donors (Lipinski definition) is 0. The van der Waals surface area contributed by atoms with Crippen LogP contribution in [0, 0.1) is 7.43 Å². The second-order valence-corrected chi connectivity index (χ2v) is 13.9. The average molecular weight is 396 g/mol. The van der Waals surface area contributed by atoms with E-state index in [1.54, 1.807) is 22.3 Å². The molecule has 0 aromatic heterocycles. The van der Waals surface area contributed by atoms with Gasteiger partial charge in [-0.1, -0.05) is 50.4 Å². The SMILES string of the molecule is CC1=C(C)C([Si]2([N-]C(C)(C)C)CCC2)C(C)=C1C.[CH3-].[Cl][Ti][Cl]. The fraction of sp³-hybridized carbons (Fsp3) is 0.706. The van der Waals surface area contributed by atoms with Crippen LogP contribution in [0.5, 0.6) is 0 Å². The molecule has 1 heterocycles. The first kappa shape index (κ1) is 23.0. The maximum atomic E-state index is 5.37. The molecular formula is C17H31Cl2NSiTi-2. The number of hydrogen-bond acceptors (Lipinski definition) is 0. The molecule has 2 rings (SSSR count). The number of rotatable bonds is 2. The van der Waals surface area contributed by atoms with Gasteiger partial charge in [0.25, 0.3) is 0 Å². The normalized spacial score (nSPS) is 21.0. The summed E-state index contributed by atoms with van der Waals surface area (Å²) < 4.78 is 0. The number of nitrogens with zero attached hydrogens (tertiary/aromatic N) is 1. The zero-order valence-corrected chi connectivity index (χ0v) is 19.5. The molecule has 1 saturated heterocycles. The van der Waals surface area contributed by atoms with Gasteiger partial charge < -0.3 is 12.4 Å². The third-order valence-corrected chi connectivity index (χ3v) is 10.4. The third kappa shape index (κ3) is 4.97. The van der Waals surface area contributed by atoms with E-state index >= 15 is 0 Å². The molecule has 0 aromatic carbocycles. The number of halogens is 2. The molecule has 0 amide bonds. The van der Waals surface area contributed by atoms with Crippen LogP contribution in [0.3, 0.4) is 0 Å². The van der Waals surface area contributed by atoms with Gasteiger partial charge in [0.1, 0.15) is 0 Å². The Morgan fingerprint density at radius 3 is 1.59 bits per heavy atom. The fourth-order valence-electron chi connectivity index (χ4n) is 3.83. The Balaban J connectivity index is 0.00000102. The molecule has 0 N–H and O–H groups in total. The van der Waals surface area contributed by atoms with Gasteiger partial charge in [0.2, 0.25) is 0 Å². The molecule has 0 aromatic rings. The molecule has 1 aliphatic heterocycles. The zero-order valence-electron chi connectivity index (χ0n) is 15.4. The molecular weight excluding hydrogens is 365 g/mol. The maximum absolute atomic E-state index is 5.37. The average Bonchev–Trinajstić information content (AvgIpc) is 2.50. The van der Waals surface area contributed by atoms with Gasteiger partial charge in [-0.05, 0) is 52.6 Å². The zero-order chi connectivity index (χ0) is 16.4. The molecule has 128 valence electrons. The van der Waals surface area contributed by atoms with Crippen molar-refractivity contribution in [3.8, 4) is 0 Å². The van der Waals surface area contributed by atoms with E-state index in [9.17, 15) is 0 Å². The van der Waals surface area contributed by atoms with E-state index in [0.29, 0.717) is 5.54 Å². The predicted molar refractivity (Wildman–Crippen MR) is 102 cm³/mol. The summed E-state index contributed by atoms with van der Waals surface area (Å²) in [5.41, 5.74) is 7.19. The van der Waals surface area contributed by atoms with Gasteiger partial charge in [-0.3, -0.25) is 0 Å². The van der Waals surface area contributed by atoms with Gasteiger partial charge in [0, 0.05) is 0 Å². The molecule has 0 spiro atoms. The van der Waals surface area contributed by atoms with Crippen molar-refractivity contribution >= 4 is 26.8 Å². The summed E-state index contributed by atoms with van der Waals surface area (Å²) in [4.78, 5) is 5.37. The van der Waals surface area contributed by atoms with E-state index < -0.39 is 25.3 Å². The van der Waals surface area contributed by atoms with Gasteiger partial charge in [-0.15, -0.1) is 5.54 Å². The quantitative estimate of drug-likeness (QED) is 0.341. The monoisotopic (exact) mass is 395 g/mol. The van der Waals surface area contributed by atoms with Crippen LogP contribution in [0.1, 0.15) is 54.9 Å². The topological polar surface area (TPSA) is 14.1 Å². The van der Waals surface area contributed by atoms with Crippen LogP contribution in [-0.4, -0.2) is 13.8 Å². The first-order valence-electron chi connectivity index (χ1n) is 7.65. The molecule has 5 heteroatoms. The Morgan fingerprint density at radius 2 is 1.36 bits per heavy atom. The second-order valence-electron chi connectivity index (χ2n) is 7.36. The Labute approximate surface area is 156 Å². The summed E-state index contributed by atoms with van der Waals surface area (Å²) in [5, 5.41) is 0. The van der Waals surface area contributed by atoms with E-state index in [4.69, 9.17) is 23.6 Å². The molecule has 22 heavy (non-hydrogen) atoms. The molecule has 2 aliphatic rings. The van der Waals surface area contributed by atoms with Crippen molar-refractivity contribution in [1.82, 2.24) is 0 Å². The van der Waals surface area contributed by atoms with Crippen LogP contribution >= 0.6 is 18.6 Å². The van der Waals surface area contributed by atoms with Crippen molar-refractivity contribution in [2.75, 3.05) is 0 Å². The molecule has 0 radical (unpaired) electrons. The summed E-state index contributed by atoms with van der Waals surface area (Å²) in [6, 6.07) is 2.81. The number of allylic oxidation sites excluding steroid dienone is 4. The van der Waals surface area contributed by atoms with Crippen molar-refractivity contribution in [3.63, 3.8) is 0 Å². The Kier molecular flexibility index (Phi) is 9.26. The Bertz CT molecular complexity index is 424. The van der Waals surface area contributed by atoms with Gasteiger partial charge in [0.15, 0.2) is 0 Å². The summed E-state index contributed by atoms with van der Waals surface area (Å²) in [7, 11) is 8.33. The van der Waals surface area contributed by atoms with Crippen molar-refractivity contribution in [3.05, 3.63) is 34.7 Å². The van der Waals surface area contributed by atoms with E-state index in [0.717, 1.165) is 0 Å². The van der Waals surface area contributed by atoms with Crippen LogP contribution in [0.4, 0.5) is 0 Å². The van der Waals surface area contributed by atoms with Gasteiger partial charge in [-0.2, -0.15) is 0 Å². The van der Waals surface area contributed by atoms with Crippen molar-refractivity contribution in [1.29, 1.82) is 0 Å². The summed E-state index contributed by atoms with van der Waals surface area (Å²) in [5.74, 6) is 0. The van der Waals surface area contributed by atoms with Crippen LogP contribution in [-0.2, 0) is 17.0 Å². The minimum atomic E-state index is -1.45. The van der Waals surface area contributed by atoms with Crippen LogP contribution in [0.2, 0.25) is 17.6 Å². The summed E-state index contributed by atoms with van der Waals surface area (Å²) >= 11 is -0.556. The standard InChI is InChI=1S/C16H28NSi.CH3.2ClH.Ti/c1-11-12(2)14(4)15(13(11)3)18(9-8-10-18)17-16(5,6)7;;;;/h15H,8-10H2,1-7H3;1H3;2*1H;/q2*-1;;;+2/p-2. The molecule has 1 nitrogen and oxygen atoms in total. The van der Waals surface area contributed by atoms with Gasteiger partial charge >= 0.3 is 35.6 Å². The van der Waals surface area contributed by atoms with E-state index in [1.165, 1.54) is 18.5 Å². The van der Waals surface area contributed by atoms with Gasteiger partial charge in [0.05, 0.1) is 0 Å². The second kappa shape index (κ2) is 8.87. The Morgan fingerprint density at radius 1 is 1.00 bits per heavy atom. The van der Waals surface area contributed by atoms with Crippen molar-refractivity contribution in [2.45, 2.75) is 78.1 Å². The first-order chi connectivity index (χ1) is 9.59. The minimum absolute atomic E-state index is 0. The summed E-state index contributed by atoms with van der Waals surface area (Å²) in [6.07, 6.45) is 1.40. The molecule has 0 unspecified atom stereocenters. The fourth-order valence-corrected chi connectivity index (χ4v) is 9.22. The molecule has 0 saturated carbocycles. The van der Waals surface area contributed by atoms with E-state index in [2.05, 4.69) is 48.5 Å². The Hall–Kier alpha value is 0.951. The molecule has 0 bridgehead atoms. The van der Waals surface area contributed by atoms with E-state index in [-0.39, 0.29) is 13.0 Å². The van der Waals surface area contributed by atoms with Crippen molar-refractivity contribution in [2.24, 2.45) is 0 Å². The van der Waals surface area contributed by atoms with Crippen LogP contribution in [0.25, 0.3) is 4.98 Å². The molecule has 1 fully saturated rings. The van der Waals surface area contributed by atoms with E-state index in [1.807, 2.05) is 0 Å². The summed E-state index contributed by atoms with van der Waals surface area (Å²) in [6.45, 7) is 16.1. The molecule has 1 aliphatic carbocycles. The van der Waals surface area contributed by atoms with Crippen molar-refractivity contribution < 1.29 is 17.0 Å².